The summed E-state index contributed by atoms with van der Waals surface area (Å²) >= 11 is 0. The Kier molecular flexibility index (Phi) is 4.72. The van der Waals surface area contributed by atoms with Crippen LogP contribution >= 0.6 is 0 Å². The quantitative estimate of drug-likeness (QED) is 0.678. The summed E-state index contributed by atoms with van der Waals surface area (Å²) < 4.78 is 5.06. The predicted octanol–water partition coefficient (Wildman–Crippen LogP) is 2.33. The Hall–Kier alpha value is -3.55. The number of aryl methyl sites for hydroxylation is 3. The molecule has 2 N–H and O–H groups in total. The zero-order chi connectivity index (χ0) is 19.7. The number of aldehydes is 1. The number of carbonyl (C=O) groups is 3. The molecule has 0 fully saturated rings. The zero-order valence-corrected chi connectivity index (χ0v) is 15.6. The molecule has 0 aliphatic rings. The van der Waals surface area contributed by atoms with Gasteiger partial charge in [0.25, 0.3) is 11.8 Å². The lowest BCUT2D eigenvalue weighted by atomic mass is 10.3. The smallest absolute Gasteiger partial charge is 0.272 e. The van der Waals surface area contributed by atoms with Crippen LogP contribution in [-0.4, -0.2) is 31.8 Å². The number of hydrogen-bond acceptors (Lipinski definition) is 3. The molecule has 2 amide bonds. The van der Waals surface area contributed by atoms with Crippen molar-refractivity contribution in [1.82, 2.24) is 13.7 Å². The van der Waals surface area contributed by atoms with E-state index in [9.17, 15) is 14.4 Å². The third kappa shape index (κ3) is 3.55. The van der Waals surface area contributed by atoms with Crippen LogP contribution in [0.1, 0.15) is 37.2 Å². The van der Waals surface area contributed by atoms with Crippen LogP contribution in [0.25, 0.3) is 0 Å². The van der Waals surface area contributed by atoms with E-state index in [1.165, 1.54) is 4.57 Å². The van der Waals surface area contributed by atoms with E-state index >= 15 is 0 Å². The third-order valence-electron chi connectivity index (χ3n) is 4.52. The molecule has 8 heteroatoms. The van der Waals surface area contributed by atoms with Crippen LogP contribution in [-0.2, 0) is 21.1 Å². The van der Waals surface area contributed by atoms with E-state index in [-0.39, 0.29) is 11.8 Å². The molecule has 8 nitrogen and oxygen atoms in total. The maximum Gasteiger partial charge on any atom is 0.272 e. The van der Waals surface area contributed by atoms with Crippen LogP contribution in [0.4, 0.5) is 11.4 Å². The first-order valence-corrected chi connectivity index (χ1v) is 8.33. The molecule has 0 aliphatic carbocycles. The van der Waals surface area contributed by atoms with Crippen molar-refractivity contribution < 1.29 is 14.4 Å². The highest BCUT2D eigenvalue weighted by Crippen LogP contribution is 2.17. The van der Waals surface area contributed by atoms with Gasteiger partial charge in [-0.25, -0.2) is 0 Å². The van der Waals surface area contributed by atoms with Gasteiger partial charge in [-0.3, -0.25) is 14.4 Å². The molecule has 3 rings (SSSR count). The molecule has 0 spiro atoms. The Morgan fingerprint density at radius 3 is 1.85 bits per heavy atom. The Morgan fingerprint density at radius 1 is 0.889 bits per heavy atom. The fraction of sp³-hybridized carbons (Fsp3) is 0.211. The van der Waals surface area contributed by atoms with Gasteiger partial charge in [-0.05, 0) is 31.2 Å². The van der Waals surface area contributed by atoms with Gasteiger partial charge in [-0.15, -0.1) is 0 Å². The van der Waals surface area contributed by atoms with E-state index < -0.39 is 0 Å². The van der Waals surface area contributed by atoms with Gasteiger partial charge in [0.15, 0.2) is 6.29 Å². The van der Waals surface area contributed by atoms with Gasteiger partial charge in [0.05, 0.1) is 17.1 Å². The molecule has 0 atom stereocenters. The highest BCUT2D eigenvalue weighted by atomic mass is 16.2. The number of aromatic nitrogens is 3. The van der Waals surface area contributed by atoms with Crippen LogP contribution in [0, 0.1) is 6.92 Å². The molecule has 3 aromatic rings. The van der Waals surface area contributed by atoms with Crippen molar-refractivity contribution >= 4 is 29.5 Å². The third-order valence-corrected chi connectivity index (χ3v) is 4.52. The molecule has 27 heavy (non-hydrogen) atoms. The van der Waals surface area contributed by atoms with Crippen LogP contribution in [0.3, 0.4) is 0 Å². The van der Waals surface area contributed by atoms with Crippen molar-refractivity contribution in [1.29, 1.82) is 0 Å². The Balaban J connectivity index is 1.76. The van der Waals surface area contributed by atoms with E-state index in [2.05, 4.69) is 10.6 Å². The molecule has 0 radical (unpaired) electrons. The number of amides is 2. The van der Waals surface area contributed by atoms with Gasteiger partial charge in [0, 0.05) is 39.2 Å². The first-order valence-electron chi connectivity index (χ1n) is 8.33. The maximum absolute atomic E-state index is 12.5. The fourth-order valence-electron chi connectivity index (χ4n) is 2.87. The van der Waals surface area contributed by atoms with Crippen molar-refractivity contribution in [2.24, 2.45) is 21.1 Å². The average molecular weight is 367 g/mol. The van der Waals surface area contributed by atoms with Crippen molar-refractivity contribution in [2.75, 3.05) is 10.6 Å². The lowest BCUT2D eigenvalue weighted by Gasteiger charge is -2.08. The van der Waals surface area contributed by atoms with Crippen LogP contribution in [0.15, 0.2) is 36.7 Å². The van der Waals surface area contributed by atoms with Gasteiger partial charge >= 0.3 is 0 Å². The van der Waals surface area contributed by atoms with E-state index in [4.69, 9.17) is 0 Å². The first kappa shape index (κ1) is 18.2. The Morgan fingerprint density at radius 2 is 1.41 bits per heavy atom. The molecule has 140 valence electrons. The molecule has 0 saturated heterocycles. The molecule has 0 aromatic carbocycles. The lowest BCUT2D eigenvalue weighted by molar-refractivity contribution is 0.101. The minimum absolute atomic E-state index is 0.301. The monoisotopic (exact) mass is 367 g/mol. The number of anilines is 2. The number of nitrogens with one attached hydrogen (secondary N) is 2. The Labute approximate surface area is 156 Å². The van der Waals surface area contributed by atoms with Gasteiger partial charge in [0.1, 0.15) is 11.4 Å². The van der Waals surface area contributed by atoms with Crippen molar-refractivity contribution in [3.8, 4) is 0 Å². The fourth-order valence-corrected chi connectivity index (χ4v) is 2.87. The molecule has 3 heterocycles. The normalized spacial score (nSPS) is 10.7. The van der Waals surface area contributed by atoms with Crippen LogP contribution in [0.2, 0.25) is 0 Å². The number of hydrogen-bond donors (Lipinski definition) is 2. The second-order valence-corrected chi connectivity index (χ2v) is 6.43. The second kappa shape index (κ2) is 6.99. The molecule has 0 aliphatic heterocycles. The van der Waals surface area contributed by atoms with Gasteiger partial charge in [-0.2, -0.15) is 0 Å². The summed E-state index contributed by atoms with van der Waals surface area (Å²) in [5.41, 5.74) is 3.38. The summed E-state index contributed by atoms with van der Waals surface area (Å²) in [7, 11) is 5.27. The van der Waals surface area contributed by atoms with Crippen molar-refractivity contribution in [2.45, 2.75) is 6.92 Å². The number of rotatable bonds is 5. The van der Waals surface area contributed by atoms with Gasteiger partial charge < -0.3 is 24.3 Å². The van der Waals surface area contributed by atoms with E-state index in [1.807, 2.05) is 30.8 Å². The SMILES string of the molecule is Cc1cc(NC(=O)c2ccc(C(=O)Nc3cc(C=O)n(C)c3)n2C)cn1C. The van der Waals surface area contributed by atoms with Crippen LogP contribution in [0.5, 0.6) is 0 Å². The number of nitrogens with zero attached hydrogens (tertiary/aromatic N) is 3. The molecule has 0 unspecified atom stereocenters. The largest absolute Gasteiger partial charge is 0.353 e. The lowest BCUT2D eigenvalue weighted by Crippen LogP contribution is -2.20. The van der Waals surface area contributed by atoms with E-state index in [0.717, 1.165) is 5.69 Å². The summed E-state index contributed by atoms with van der Waals surface area (Å²) in [6.07, 6.45) is 4.19. The minimum Gasteiger partial charge on any atom is -0.353 e. The van der Waals surface area contributed by atoms with Gasteiger partial charge in [-0.1, -0.05) is 0 Å². The highest BCUT2D eigenvalue weighted by Gasteiger charge is 2.18. The summed E-state index contributed by atoms with van der Waals surface area (Å²) in [5, 5.41) is 5.56. The molecular weight excluding hydrogens is 346 g/mol. The molecule has 0 bridgehead atoms. The molecule has 3 aromatic heterocycles. The molecule has 0 saturated carbocycles. The standard InChI is InChI=1S/C19H21N5O3/c1-12-7-13(9-22(12)2)20-18(26)16-5-6-17(24(16)4)19(27)21-14-8-15(11-25)23(3)10-14/h5-11H,1-4H3,(H,20,26)(H,21,27). The Bertz CT molecular complexity index is 1020. The number of carbonyl (C=O) groups excluding carboxylic acids is 3. The zero-order valence-electron chi connectivity index (χ0n) is 15.6. The average Bonchev–Trinajstić information content (AvgIpc) is 3.25. The summed E-state index contributed by atoms with van der Waals surface area (Å²) in [6, 6.07) is 6.64. The highest BCUT2D eigenvalue weighted by molar-refractivity contribution is 6.07. The second-order valence-electron chi connectivity index (χ2n) is 6.43. The summed E-state index contributed by atoms with van der Waals surface area (Å²) in [4.78, 5) is 36.0. The van der Waals surface area contributed by atoms with Crippen molar-refractivity contribution in [3.05, 3.63) is 59.4 Å². The molecular formula is C19H21N5O3. The minimum atomic E-state index is -0.366. The van der Waals surface area contributed by atoms with E-state index in [0.29, 0.717) is 34.7 Å². The van der Waals surface area contributed by atoms with E-state index in [1.54, 1.807) is 43.1 Å². The first-order chi connectivity index (χ1) is 12.8. The summed E-state index contributed by atoms with van der Waals surface area (Å²) in [6.45, 7) is 1.94. The van der Waals surface area contributed by atoms with Crippen molar-refractivity contribution in [3.63, 3.8) is 0 Å². The van der Waals surface area contributed by atoms with Gasteiger partial charge in [0.2, 0.25) is 0 Å². The van der Waals surface area contributed by atoms with Crippen LogP contribution < -0.4 is 10.6 Å². The summed E-state index contributed by atoms with van der Waals surface area (Å²) in [5.74, 6) is -0.666. The maximum atomic E-state index is 12.5. The predicted molar refractivity (Wildman–Crippen MR) is 102 cm³/mol. The topological polar surface area (TPSA) is 90.1 Å².